The first kappa shape index (κ1) is 18.3. The summed E-state index contributed by atoms with van der Waals surface area (Å²) in [7, 11) is 1.38. The van der Waals surface area contributed by atoms with Crippen LogP contribution >= 0.6 is 0 Å². The normalized spacial score (nSPS) is 41.0. The van der Waals surface area contributed by atoms with Gasteiger partial charge < -0.3 is 19.0 Å². The summed E-state index contributed by atoms with van der Waals surface area (Å²) in [5.41, 5.74) is 0.425. The summed E-state index contributed by atoms with van der Waals surface area (Å²) in [5, 5.41) is 11.0. The van der Waals surface area contributed by atoms with E-state index in [-0.39, 0.29) is 23.8 Å². The van der Waals surface area contributed by atoms with E-state index in [4.69, 9.17) is 13.9 Å². The van der Waals surface area contributed by atoms with Crippen molar-refractivity contribution in [3.05, 3.63) is 35.8 Å². The number of cyclic esters (lactones) is 1. The zero-order chi connectivity index (χ0) is 19.4. The number of aliphatic hydroxyl groups is 1. The number of carbonyl (C=O) groups is 2. The molecule has 27 heavy (non-hydrogen) atoms. The molecule has 2 fully saturated rings. The Labute approximate surface area is 158 Å². The van der Waals surface area contributed by atoms with Gasteiger partial charge in [0.05, 0.1) is 31.7 Å². The summed E-state index contributed by atoms with van der Waals surface area (Å²) in [6, 6.07) is 1.81. The third kappa shape index (κ3) is 2.57. The van der Waals surface area contributed by atoms with Crippen LogP contribution < -0.4 is 0 Å². The smallest absolute Gasteiger partial charge is 0.333 e. The summed E-state index contributed by atoms with van der Waals surface area (Å²) < 4.78 is 15.9. The molecule has 4 rings (SSSR count). The molecule has 1 aromatic heterocycles. The second-order valence-corrected chi connectivity index (χ2v) is 8.59. The van der Waals surface area contributed by atoms with Gasteiger partial charge in [-0.2, -0.15) is 0 Å². The van der Waals surface area contributed by atoms with Crippen molar-refractivity contribution in [2.24, 2.45) is 22.7 Å². The summed E-state index contributed by atoms with van der Waals surface area (Å²) >= 11 is 0. The number of hydrogen-bond donors (Lipinski definition) is 1. The molecule has 2 aliphatic carbocycles. The molecule has 0 bridgehead atoms. The van der Waals surface area contributed by atoms with Crippen LogP contribution in [-0.2, 0) is 19.1 Å². The minimum atomic E-state index is -0.618. The lowest BCUT2D eigenvalue weighted by atomic mass is 9.45. The van der Waals surface area contributed by atoms with Gasteiger partial charge in [0.1, 0.15) is 6.10 Å². The molecule has 1 aliphatic heterocycles. The van der Waals surface area contributed by atoms with Gasteiger partial charge in [-0.1, -0.05) is 19.9 Å². The number of fused-ring (bicyclic) bond motifs is 3. The fourth-order valence-electron chi connectivity index (χ4n) is 6.04. The van der Waals surface area contributed by atoms with Crippen LogP contribution in [0.1, 0.15) is 51.2 Å². The van der Waals surface area contributed by atoms with Crippen LogP contribution in [0.4, 0.5) is 0 Å². The van der Waals surface area contributed by atoms with Crippen molar-refractivity contribution >= 4 is 11.9 Å². The number of ether oxygens (including phenoxy) is 2. The Balaban J connectivity index is 1.77. The van der Waals surface area contributed by atoms with Crippen LogP contribution in [-0.4, -0.2) is 30.3 Å². The van der Waals surface area contributed by atoms with Crippen LogP contribution in [0, 0.1) is 22.7 Å². The van der Waals surface area contributed by atoms with E-state index in [9.17, 15) is 14.7 Å². The molecule has 1 saturated heterocycles. The maximum atomic E-state index is 12.9. The molecule has 6 nitrogen and oxygen atoms in total. The number of esters is 2. The first-order valence-corrected chi connectivity index (χ1v) is 9.51. The zero-order valence-corrected chi connectivity index (χ0v) is 15.9. The quantitative estimate of drug-likeness (QED) is 0.800. The monoisotopic (exact) mass is 374 g/mol. The van der Waals surface area contributed by atoms with E-state index in [1.165, 1.54) is 7.11 Å². The van der Waals surface area contributed by atoms with Crippen molar-refractivity contribution in [3.63, 3.8) is 0 Å². The second kappa shape index (κ2) is 6.23. The van der Waals surface area contributed by atoms with Gasteiger partial charge in [-0.05, 0) is 37.2 Å². The SMILES string of the molecule is COC(=O)C1=CCC(O)C2[C@@]1(C)CC[C@@H]1C(=O)O[C@H](c3ccoc3)C[C@]21C. The van der Waals surface area contributed by atoms with Crippen LogP contribution in [0.15, 0.2) is 34.7 Å². The van der Waals surface area contributed by atoms with Gasteiger partial charge in [0, 0.05) is 22.5 Å². The Morgan fingerprint density at radius 2 is 2.15 bits per heavy atom. The van der Waals surface area contributed by atoms with E-state index in [0.717, 1.165) is 5.56 Å². The molecule has 6 atom stereocenters. The molecular formula is C21H26O6. The van der Waals surface area contributed by atoms with Crippen molar-refractivity contribution in [1.29, 1.82) is 0 Å². The molecule has 2 heterocycles. The lowest BCUT2D eigenvalue weighted by molar-refractivity contribution is -0.200. The zero-order valence-electron chi connectivity index (χ0n) is 15.9. The van der Waals surface area contributed by atoms with Gasteiger partial charge in [0.15, 0.2) is 0 Å². The van der Waals surface area contributed by atoms with E-state index in [0.29, 0.717) is 31.3 Å². The van der Waals surface area contributed by atoms with Gasteiger partial charge >= 0.3 is 11.9 Å². The van der Waals surface area contributed by atoms with Crippen molar-refractivity contribution < 1.29 is 28.6 Å². The lowest BCUT2D eigenvalue weighted by Gasteiger charge is -2.60. The molecule has 146 valence electrons. The minimum Gasteiger partial charge on any atom is -0.472 e. The Kier molecular flexibility index (Phi) is 4.22. The molecule has 6 heteroatoms. The van der Waals surface area contributed by atoms with Crippen molar-refractivity contribution in [1.82, 2.24) is 0 Å². The van der Waals surface area contributed by atoms with Crippen molar-refractivity contribution in [2.45, 2.75) is 51.7 Å². The van der Waals surface area contributed by atoms with Gasteiger partial charge in [0.25, 0.3) is 0 Å². The van der Waals surface area contributed by atoms with Gasteiger partial charge in [-0.3, -0.25) is 4.79 Å². The maximum Gasteiger partial charge on any atom is 0.333 e. The number of carbonyl (C=O) groups excluding carboxylic acids is 2. The number of aliphatic hydroxyl groups excluding tert-OH is 1. The van der Waals surface area contributed by atoms with E-state index < -0.39 is 23.0 Å². The van der Waals surface area contributed by atoms with Crippen LogP contribution in [0.5, 0.6) is 0 Å². The summed E-state index contributed by atoms with van der Waals surface area (Å²) in [6.07, 6.45) is 6.20. The first-order chi connectivity index (χ1) is 12.8. The second-order valence-electron chi connectivity index (χ2n) is 8.59. The van der Waals surface area contributed by atoms with Crippen LogP contribution in [0.25, 0.3) is 0 Å². The molecule has 0 radical (unpaired) electrons. The number of furan rings is 1. The molecule has 1 saturated carbocycles. The average Bonchev–Trinajstić information content (AvgIpc) is 3.14. The predicted octanol–water partition coefficient (Wildman–Crippen LogP) is 3.17. The maximum absolute atomic E-state index is 12.9. The Morgan fingerprint density at radius 3 is 2.81 bits per heavy atom. The average molecular weight is 374 g/mol. The molecule has 1 aromatic rings. The first-order valence-electron chi connectivity index (χ1n) is 9.51. The molecule has 3 aliphatic rings. The summed E-state index contributed by atoms with van der Waals surface area (Å²) in [6.45, 7) is 4.09. The Bertz CT molecular complexity index is 781. The van der Waals surface area contributed by atoms with Crippen molar-refractivity contribution in [3.8, 4) is 0 Å². The van der Waals surface area contributed by atoms with Gasteiger partial charge in [-0.15, -0.1) is 0 Å². The van der Waals surface area contributed by atoms with Crippen molar-refractivity contribution in [2.75, 3.05) is 7.11 Å². The van der Waals surface area contributed by atoms with Crippen LogP contribution in [0.2, 0.25) is 0 Å². The molecule has 1 N–H and O–H groups in total. The predicted molar refractivity (Wildman–Crippen MR) is 95.3 cm³/mol. The summed E-state index contributed by atoms with van der Waals surface area (Å²) in [5.74, 6) is -1.09. The summed E-state index contributed by atoms with van der Waals surface area (Å²) in [4.78, 5) is 25.3. The number of hydrogen-bond acceptors (Lipinski definition) is 6. The van der Waals surface area contributed by atoms with E-state index in [2.05, 4.69) is 6.92 Å². The highest BCUT2D eigenvalue weighted by Crippen LogP contribution is 2.64. The number of methoxy groups -OCH3 is 1. The lowest BCUT2D eigenvalue weighted by Crippen LogP contribution is -2.60. The molecular weight excluding hydrogens is 348 g/mol. The molecule has 0 amide bonds. The molecule has 0 aromatic carbocycles. The fourth-order valence-corrected chi connectivity index (χ4v) is 6.04. The third-order valence-electron chi connectivity index (χ3n) is 7.20. The third-order valence-corrected chi connectivity index (χ3v) is 7.20. The molecule has 2 unspecified atom stereocenters. The van der Waals surface area contributed by atoms with E-state index in [1.807, 2.05) is 13.0 Å². The Hall–Kier alpha value is -2.08. The highest BCUT2D eigenvalue weighted by Gasteiger charge is 2.63. The van der Waals surface area contributed by atoms with Gasteiger partial charge in [0.2, 0.25) is 0 Å². The standard InChI is InChI=1S/C21H26O6/c1-20-8-6-14-19(24)27-16(12-7-9-26-11-12)10-21(14,2)17(20)15(22)5-4-13(20)18(23)25-3/h4,7,9,11,14-17,22H,5-6,8,10H2,1-3H3/t14-,15?,16+,17?,20+,21+/m1/s1. The van der Waals surface area contributed by atoms with Gasteiger partial charge in [-0.25, -0.2) is 4.79 Å². The van der Waals surface area contributed by atoms with Crippen LogP contribution in [0.3, 0.4) is 0 Å². The largest absolute Gasteiger partial charge is 0.472 e. The highest BCUT2D eigenvalue weighted by molar-refractivity contribution is 5.90. The Morgan fingerprint density at radius 1 is 1.37 bits per heavy atom. The van der Waals surface area contributed by atoms with E-state index >= 15 is 0 Å². The fraction of sp³-hybridized carbons (Fsp3) is 0.619. The van der Waals surface area contributed by atoms with E-state index in [1.54, 1.807) is 18.6 Å². The minimum absolute atomic E-state index is 0.224. The number of rotatable bonds is 2. The highest BCUT2D eigenvalue weighted by atomic mass is 16.5. The topological polar surface area (TPSA) is 86.0 Å². The molecule has 0 spiro atoms.